The normalized spacial score (nSPS) is 22.9. The third-order valence-corrected chi connectivity index (χ3v) is 4.65. The first-order valence-electron chi connectivity index (χ1n) is 8.07. The SMILES string of the molecule is NC1C(Cc2ccccc2)=CC=CC1(Cc1ccccc1)C(=O)O. The molecule has 0 aromatic heterocycles. The molecule has 3 N–H and O–H groups in total. The molecule has 0 fully saturated rings. The molecule has 0 saturated carbocycles. The molecule has 3 heteroatoms. The number of carboxylic acids is 1. The Hall–Kier alpha value is -2.65. The summed E-state index contributed by atoms with van der Waals surface area (Å²) in [5, 5.41) is 9.95. The van der Waals surface area contributed by atoms with Gasteiger partial charge in [-0.15, -0.1) is 0 Å². The van der Waals surface area contributed by atoms with Gasteiger partial charge in [0.05, 0.1) is 0 Å². The number of nitrogens with two attached hydrogens (primary N) is 1. The number of hydrogen-bond donors (Lipinski definition) is 2. The Labute approximate surface area is 142 Å². The molecule has 0 radical (unpaired) electrons. The average molecular weight is 319 g/mol. The lowest BCUT2D eigenvalue weighted by molar-refractivity contribution is -0.146. The predicted octanol–water partition coefficient (Wildman–Crippen LogP) is 3.37. The summed E-state index contributed by atoms with van der Waals surface area (Å²) in [5.74, 6) is -0.881. The first kappa shape index (κ1) is 16.2. The number of benzene rings is 2. The van der Waals surface area contributed by atoms with Gasteiger partial charge < -0.3 is 10.8 Å². The van der Waals surface area contributed by atoms with E-state index < -0.39 is 17.4 Å². The quantitative estimate of drug-likeness (QED) is 0.888. The Morgan fingerprint density at radius 1 is 1.00 bits per heavy atom. The monoisotopic (exact) mass is 319 g/mol. The van der Waals surface area contributed by atoms with Crippen LogP contribution in [0.2, 0.25) is 0 Å². The van der Waals surface area contributed by atoms with Crippen LogP contribution in [0.5, 0.6) is 0 Å². The molecule has 2 aromatic carbocycles. The summed E-state index contributed by atoms with van der Waals surface area (Å²) >= 11 is 0. The molecule has 3 rings (SSSR count). The van der Waals surface area contributed by atoms with Gasteiger partial charge in [-0.05, 0) is 29.5 Å². The summed E-state index contributed by atoms with van der Waals surface area (Å²) in [6.45, 7) is 0. The van der Waals surface area contributed by atoms with E-state index in [9.17, 15) is 9.90 Å². The molecule has 24 heavy (non-hydrogen) atoms. The zero-order chi connectivity index (χ0) is 17.0. The van der Waals surface area contributed by atoms with Crippen LogP contribution in [0.25, 0.3) is 0 Å². The second-order valence-electron chi connectivity index (χ2n) is 6.25. The van der Waals surface area contributed by atoms with Crippen LogP contribution in [0.1, 0.15) is 11.1 Å². The van der Waals surface area contributed by atoms with Gasteiger partial charge in [0, 0.05) is 6.04 Å². The van der Waals surface area contributed by atoms with Crippen molar-refractivity contribution in [1.29, 1.82) is 0 Å². The van der Waals surface area contributed by atoms with Crippen LogP contribution in [0.4, 0.5) is 0 Å². The standard InChI is InChI=1S/C21H21NO2/c22-19-18(14-16-8-3-1-4-9-16)12-7-13-21(19,20(23)24)15-17-10-5-2-6-11-17/h1-13,19H,14-15,22H2,(H,23,24). The lowest BCUT2D eigenvalue weighted by Crippen LogP contribution is -2.50. The smallest absolute Gasteiger partial charge is 0.315 e. The van der Waals surface area contributed by atoms with Gasteiger partial charge in [0.2, 0.25) is 0 Å². The summed E-state index contributed by atoms with van der Waals surface area (Å²) in [6.07, 6.45) is 6.56. The molecular formula is C21H21NO2. The molecule has 0 amide bonds. The fourth-order valence-corrected chi connectivity index (χ4v) is 3.26. The lowest BCUT2D eigenvalue weighted by atomic mass is 9.69. The van der Waals surface area contributed by atoms with Gasteiger partial charge in [-0.25, -0.2) is 0 Å². The molecule has 0 aliphatic heterocycles. The van der Waals surface area contributed by atoms with E-state index >= 15 is 0 Å². The summed E-state index contributed by atoms with van der Waals surface area (Å²) < 4.78 is 0. The Morgan fingerprint density at radius 3 is 2.17 bits per heavy atom. The number of rotatable bonds is 5. The van der Waals surface area contributed by atoms with Gasteiger partial charge in [-0.2, -0.15) is 0 Å². The first-order valence-corrected chi connectivity index (χ1v) is 8.07. The number of hydrogen-bond acceptors (Lipinski definition) is 2. The summed E-state index contributed by atoms with van der Waals surface area (Å²) in [5.41, 5.74) is 8.40. The molecule has 2 unspecified atom stereocenters. The number of aliphatic carboxylic acids is 1. The molecule has 2 atom stereocenters. The van der Waals surface area contributed by atoms with Crippen molar-refractivity contribution in [1.82, 2.24) is 0 Å². The molecule has 122 valence electrons. The number of carbonyl (C=O) groups is 1. The van der Waals surface area contributed by atoms with E-state index in [0.717, 1.165) is 16.7 Å². The zero-order valence-electron chi connectivity index (χ0n) is 13.4. The minimum absolute atomic E-state index is 0.382. The highest BCUT2D eigenvalue weighted by Crippen LogP contribution is 2.36. The maximum atomic E-state index is 12.1. The second-order valence-corrected chi connectivity index (χ2v) is 6.25. The largest absolute Gasteiger partial charge is 0.481 e. The van der Waals surface area contributed by atoms with Crippen LogP contribution in [-0.2, 0) is 17.6 Å². The Bertz CT molecular complexity index is 765. The van der Waals surface area contributed by atoms with Crippen LogP contribution < -0.4 is 5.73 Å². The average Bonchev–Trinajstić information content (AvgIpc) is 2.60. The highest BCUT2D eigenvalue weighted by molar-refractivity contribution is 5.80. The Morgan fingerprint density at radius 2 is 1.58 bits per heavy atom. The molecule has 0 heterocycles. The van der Waals surface area contributed by atoms with E-state index in [4.69, 9.17) is 5.73 Å². The van der Waals surface area contributed by atoms with E-state index in [0.29, 0.717) is 12.8 Å². The van der Waals surface area contributed by atoms with Gasteiger partial charge in [0.25, 0.3) is 0 Å². The van der Waals surface area contributed by atoms with Gasteiger partial charge in [-0.3, -0.25) is 4.79 Å². The van der Waals surface area contributed by atoms with Crippen LogP contribution in [0.15, 0.2) is 84.5 Å². The molecular weight excluding hydrogens is 298 g/mol. The van der Waals surface area contributed by atoms with Crippen molar-refractivity contribution in [3.8, 4) is 0 Å². The molecule has 3 nitrogen and oxygen atoms in total. The molecule has 0 bridgehead atoms. The van der Waals surface area contributed by atoms with Crippen LogP contribution in [-0.4, -0.2) is 17.1 Å². The van der Waals surface area contributed by atoms with Crippen LogP contribution in [0, 0.1) is 5.41 Å². The van der Waals surface area contributed by atoms with E-state index in [-0.39, 0.29) is 0 Å². The van der Waals surface area contributed by atoms with Crippen molar-refractivity contribution in [2.75, 3.05) is 0 Å². The van der Waals surface area contributed by atoms with E-state index in [1.54, 1.807) is 6.08 Å². The Kier molecular flexibility index (Phi) is 4.63. The van der Waals surface area contributed by atoms with Crippen molar-refractivity contribution >= 4 is 5.97 Å². The fourth-order valence-electron chi connectivity index (χ4n) is 3.26. The summed E-state index contributed by atoms with van der Waals surface area (Å²) in [6, 6.07) is 19.1. The van der Waals surface area contributed by atoms with Crippen molar-refractivity contribution in [3.05, 3.63) is 95.6 Å². The topological polar surface area (TPSA) is 63.3 Å². The summed E-state index contributed by atoms with van der Waals surface area (Å²) in [4.78, 5) is 12.1. The number of allylic oxidation sites excluding steroid dienone is 2. The minimum atomic E-state index is -1.11. The van der Waals surface area contributed by atoms with Gasteiger partial charge in [0.15, 0.2) is 0 Å². The third kappa shape index (κ3) is 3.17. The highest BCUT2D eigenvalue weighted by Gasteiger charge is 2.44. The van der Waals surface area contributed by atoms with Crippen molar-refractivity contribution in [2.45, 2.75) is 18.9 Å². The minimum Gasteiger partial charge on any atom is -0.481 e. The van der Waals surface area contributed by atoms with Crippen LogP contribution >= 0.6 is 0 Å². The van der Waals surface area contributed by atoms with Crippen molar-refractivity contribution in [3.63, 3.8) is 0 Å². The highest BCUT2D eigenvalue weighted by atomic mass is 16.4. The van der Waals surface area contributed by atoms with Crippen molar-refractivity contribution < 1.29 is 9.90 Å². The molecule has 1 aliphatic carbocycles. The van der Waals surface area contributed by atoms with Gasteiger partial charge >= 0.3 is 5.97 Å². The van der Waals surface area contributed by atoms with Crippen LogP contribution in [0.3, 0.4) is 0 Å². The predicted molar refractivity (Wildman–Crippen MR) is 95.6 cm³/mol. The van der Waals surface area contributed by atoms with Gasteiger partial charge in [-0.1, -0.05) is 78.9 Å². The molecule has 2 aromatic rings. The van der Waals surface area contributed by atoms with E-state index in [2.05, 4.69) is 0 Å². The zero-order valence-corrected chi connectivity index (χ0v) is 13.4. The van der Waals surface area contributed by atoms with Gasteiger partial charge in [0.1, 0.15) is 5.41 Å². The lowest BCUT2D eigenvalue weighted by Gasteiger charge is -2.36. The molecule has 0 spiro atoms. The Balaban J connectivity index is 1.89. The molecule has 1 aliphatic rings. The maximum Gasteiger partial charge on any atom is 0.315 e. The van der Waals surface area contributed by atoms with E-state index in [1.807, 2.05) is 72.8 Å². The first-order chi connectivity index (χ1) is 11.6. The fraction of sp³-hybridized carbons (Fsp3) is 0.190. The number of carboxylic acid groups (broad SMARTS) is 1. The van der Waals surface area contributed by atoms with Crippen molar-refractivity contribution in [2.24, 2.45) is 11.1 Å². The second kappa shape index (κ2) is 6.85. The summed E-state index contributed by atoms with van der Waals surface area (Å²) in [7, 11) is 0. The molecule has 0 saturated heterocycles. The maximum absolute atomic E-state index is 12.1. The van der Waals surface area contributed by atoms with E-state index in [1.165, 1.54) is 0 Å². The third-order valence-electron chi connectivity index (χ3n) is 4.65.